The van der Waals surface area contributed by atoms with Crippen molar-refractivity contribution < 1.29 is 9.53 Å². The van der Waals surface area contributed by atoms with Crippen molar-refractivity contribution in [1.82, 2.24) is 0 Å². The molecule has 1 atom stereocenters. The molecule has 1 heterocycles. The molecule has 0 radical (unpaired) electrons. The van der Waals surface area contributed by atoms with Crippen LogP contribution >= 0.6 is 0 Å². The standard InChI is InChI=1S/C24H16O2/c25-24-23(20-13-7-6-11-18(20)16-8-2-1-3-9-16)22-19-12-5-4-10-17(19)14-15-21(22)26-24/h1-15,23H. The van der Waals surface area contributed by atoms with Crippen molar-refractivity contribution in [3.05, 3.63) is 102 Å². The van der Waals surface area contributed by atoms with Crippen LogP contribution < -0.4 is 4.74 Å². The molecule has 0 spiro atoms. The predicted octanol–water partition coefficient (Wildman–Crippen LogP) is 5.56. The first-order valence-electron chi connectivity index (χ1n) is 8.70. The Kier molecular flexibility index (Phi) is 3.36. The maximum atomic E-state index is 12.8. The summed E-state index contributed by atoms with van der Waals surface area (Å²) >= 11 is 0. The average molecular weight is 336 g/mol. The molecule has 0 amide bonds. The Morgan fingerprint density at radius 2 is 1.42 bits per heavy atom. The van der Waals surface area contributed by atoms with E-state index in [4.69, 9.17) is 4.74 Å². The fraction of sp³-hybridized carbons (Fsp3) is 0.0417. The van der Waals surface area contributed by atoms with Crippen molar-refractivity contribution in [2.75, 3.05) is 0 Å². The van der Waals surface area contributed by atoms with Crippen LogP contribution in [0.25, 0.3) is 21.9 Å². The lowest BCUT2D eigenvalue weighted by Gasteiger charge is -2.15. The van der Waals surface area contributed by atoms with Crippen molar-refractivity contribution in [3.8, 4) is 16.9 Å². The zero-order valence-corrected chi connectivity index (χ0v) is 14.1. The van der Waals surface area contributed by atoms with Crippen LogP contribution in [0.5, 0.6) is 5.75 Å². The van der Waals surface area contributed by atoms with Gasteiger partial charge in [0.1, 0.15) is 11.7 Å². The van der Waals surface area contributed by atoms with Gasteiger partial charge in [-0.3, -0.25) is 4.79 Å². The molecule has 1 unspecified atom stereocenters. The first-order chi connectivity index (χ1) is 12.8. The second-order valence-electron chi connectivity index (χ2n) is 6.51. The predicted molar refractivity (Wildman–Crippen MR) is 103 cm³/mol. The Labute approximate surface area is 151 Å². The van der Waals surface area contributed by atoms with Crippen LogP contribution in [-0.4, -0.2) is 5.97 Å². The Bertz CT molecular complexity index is 1130. The summed E-state index contributed by atoms with van der Waals surface area (Å²) in [6, 6.07) is 30.3. The van der Waals surface area contributed by atoms with E-state index in [-0.39, 0.29) is 5.97 Å². The number of fused-ring (bicyclic) bond motifs is 3. The van der Waals surface area contributed by atoms with Gasteiger partial charge in [-0.05, 0) is 33.5 Å². The van der Waals surface area contributed by atoms with E-state index in [2.05, 4.69) is 30.3 Å². The Hall–Kier alpha value is -3.39. The van der Waals surface area contributed by atoms with E-state index in [0.29, 0.717) is 5.75 Å². The summed E-state index contributed by atoms with van der Waals surface area (Å²) in [5, 5.41) is 2.19. The molecule has 124 valence electrons. The Morgan fingerprint density at radius 3 is 2.31 bits per heavy atom. The van der Waals surface area contributed by atoms with Crippen LogP contribution in [0.1, 0.15) is 17.0 Å². The summed E-state index contributed by atoms with van der Waals surface area (Å²) in [6.07, 6.45) is 0. The minimum absolute atomic E-state index is 0.209. The largest absolute Gasteiger partial charge is 0.425 e. The van der Waals surface area contributed by atoms with Gasteiger partial charge >= 0.3 is 5.97 Å². The molecule has 4 aromatic carbocycles. The van der Waals surface area contributed by atoms with Crippen molar-refractivity contribution >= 4 is 16.7 Å². The van der Waals surface area contributed by atoms with Crippen LogP contribution in [0.4, 0.5) is 0 Å². The van der Waals surface area contributed by atoms with Gasteiger partial charge in [0.15, 0.2) is 0 Å². The van der Waals surface area contributed by atoms with Crippen molar-refractivity contribution in [1.29, 1.82) is 0 Å². The highest BCUT2D eigenvalue weighted by Gasteiger charge is 2.37. The molecule has 5 rings (SSSR count). The molecule has 0 fully saturated rings. The molecule has 26 heavy (non-hydrogen) atoms. The monoisotopic (exact) mass is 336 g/mol. The fourth-order valence-corrected chi connectivity index (χ4v) is 3.86. The first kappa shape index (κ1) is 14.9. The molecule has 1 aliphatic rings. The number of hydrogen-bond acceptors (Lipinski definition) is 2. The molecule has 4 aromatic rings. The van der Waals surface area contributed by atoms with Gasteiger partial charge in [-0.2, -0.15) is 0 Å². The smallest absolute Gasteiger partial charge is 0.323 e. The molecular weight excluding hydrogens is 320 g/mol. The van der Waals surface area contributed by atoms with Gasteiger partial charge in [0.2, 0.25) is 0 Å². The van der Waals surface area contributed by atoms with Gasteiger partial charge in [-0.1, -0.05) is 84.9 Å². The molecule has 0 saturated carbocycles. The van der Waals surface area contributed by atoms with Crippen LogP contribution in [0.15, 0.2) is 91.0 Å². The molecular formula is C24H16O2. The molecule has 0 saturated heterocycles. The fourth-order valence-electron chi connectivity index (χ4n) is 3.86. The number of carbonyl (C=O) groups is 1. The minimum atomic E-state index is -0.410. The quantitative estimate of drug-likeness (QED) is 0.354. The van der Waals surface area contributed by atoms with E-state index >= 15 is 0 Å². The van der Waals surface area contributed by atoms with Crippen molar-refractivity contribution in [2.24, 2.45) is 0 Å². The van der Waals surface area contributed by atoms with Gasteiger partial charge in [0.05, 0.1) is 0 Å². The lowest BCUT2D eigenvalue weighted by molar-refractivity contribution is -0.133. The highest BCUT2D eigenvalue weighted by molar-refractivity contribution is 6.00. The minimum Gasteiger partial charge on any atom is -0.425 e. The summed E-state index contributed by atoms with van der Waals surface area (Å²) in [4.78, 5) is 12.8. The molecule has 0 N–H and O–H groups in total. The van der Waals surface area contributed by atoms with Gasteiger partial charge in [-0.25, -0.2) is 0 Å². The van der Waals surface area contributed by atoms with Crippen LogP contribution in [-0.2, 0) is 4.79 Å². The summed E-state index contributed by atoms with van der Waals surface area (Å²) in [5.74, 6) is 0.0498. The third kappa shape index (κ3) is 2.23. The van der Waals surface area contributed by atoms with Gasteiger partial charge in [-0.15, -0.1) is 0 Å². The zero-order chi connectivity index (χ0) is 17.5. The van der Waals surface area contributed by atoms with Crippen molar-refractivity contribution in [3.63, 3.8) is 0 Å². The summed E-state index contributed by atoms with van der Waals surface area (Å²) in [6.45, 7) is 0. The SMILES string of the molecule is O=C1Oc2ccc3ccccc3c2C1c1ccccc1-c1ccccc1. The van der Waals surface area contributed by atoms with E-state index in [9.17, 15) is 4.79 Å². The van der Waals surface area contributed by atoms with Crippen LogP contribution in [0.2, 0.25) is 0 Å². The Morgan fingerprint density at radius 1 is 0.692 bits per heavy atom. The van der Waals surface area contributed by atoms with E-state index < -0.39 is 5.92 Å². The first-order valence-corrected chi connectivity index (χ1v) is 8.70. The second kappa shape index (κ2) is 5.85. The number of rotatable bonds is 2. The number of hydrogen-bond donors (Lipinski definition) is 0. The number of ether oxygens (including phenoxy) is 1. The second-order valence-corrected chi connectivity index (χ2v) is 6.51. The number of esters is 1. The zero-order valence-electron chi connectivity index (χ0n) is 14.1. The molecule has 1 aliphatic heterocycles. The number of benzene rings is 4. The summed E-state index contributed by atoms with van der Waals surface area (Å²) in [5.41, 5.74) is 4.12. The van der Waals surface area contributed by atoms with Crippen LogP contribution in [0.3, 0.4) is 0 Å². The van der Waals surface area contributed by atoms with Gasteiger partial charge in [0.25, 0.3) is 0 Å². The molecule has 0 bridgehead atoms. The maximum Gasteiger partial charge on any atom is 0.323 e. The Balaban J connectivity index is 1.77. The van der Waals surface area contributed by atoms with E-state index in [1.165, 1.54) is 0 Å². The molecule has 2 nitrogen and oxygen atoms in total. The lowest BCUT2D eigenvalue weighted by atomic mass is 9.84. The highest BCUT2D eigenvalue weighted by Crippen LogP contribution is 2.45. The highest BCUT2D eigenvalue weighted by atomic mass is 16.5. The topological polar surface area (TPSA) is 26.3 Å². The summed E-state index contributed by atoms with van der Waals surface area (Å²) < 4.78 is 5.63. The number of carbonyl (C=O) groups excluding carboxylic acids is 1. The van der Waals surface area contributed by atoms with Crippen molar-refractivity contribution in [2.45, 2.75) is 5.92 Å². The maximum absolute atomic E-state index is 12.8. The normalized spacial score (nSPS) is 15.7. The summed E-state index contributed by atoms with van der Waals surface area (Å²) in [7, 11) is 0. The average Bonchev–Trinajstić information content (AvgIpc) is 3.05. The lowest BCUT2D eigenvalue weighted by Crippen LogP contribution is -2.12. The third-order valence-corrected chi connectivity index (χ3v) is 5.02. The van der Waals surface area contributed by atoms with Gasteiger partial charge < -0.3 is 4.74 Å². The van der Waals surface area contributed by atoms with E-state index in [1.54, 1.807) is 0 Å². The molecule has 0 aromatic heterocycles. The van der Waals surface area contributed by atoms with E-state index in [0.717, 1.165) is 33.0 Å². The van der Waals surface area contributed by atoms with E-state index in [1.807, 2.05) is 60.7 Å². The third-order valence-electron chi connectivity index (χ3n) is 5.02. The van der Waals surface area contributed by atoms with Crippen LogP contribution in [0, 0.1) is 0 Å². The van der Waals surface area contributed by atoms with Gasteiger partial charge in [0, 0.05) is 5.56 Å². The molecule has 2 heteroatoms. The molecule has 0 aliphatic carbocycles.